The lowest BCUT2D eigenvalue weighted by Gasteiger charge is -2.22. The maximum atomic E-state index is 12.0. The van der Waals surface area contributed by atoms with E-state index >= 15 is 0 Å². The Morgan fingerprint density at radius 3 is 2.50 bits per heavy atom. The molecule has 20 heavy (non-hydrogen) atoms. The maximum Gasteiger partial charge on any atom is 0.407 e. The summed E-state index contributed by atoms with van der Waals surface area (Å²) in [5.41, 5.74) is -0.510. The quantitative estimate of drug-likeness (QED) is 0.842. The highest BCUT2D eigenvalue weighted by Crippen LogP contribution is 2.06. The zero-order chi connectivity index (χ0) is 15.2. The fourth-order valence-corrected chi connectivity index (χ4v) is 2.04. The van der Waals surface area contributed by atoms with E-state index in [1.807, 2.05) is 25.7 Å². The summed E-state index contributed by atoms with van der Waals surface area (Å²) in [6.45, 7) is 9.25. The Balaban J connectivity index is 2.24. The third-order valence-corrected chi connectivity index (χ3v) is 3.08. The van der Waals surface area contributed by atoms with Gasteiger partial charge in [-0.25, -0.2) is 4.79 Å². The number of rotatable bonds is 3. The van der Waals surface area contributed by atoms with Crippen molar-refractivity contribution in [3.63, 3.8) is 0 Å². The molecule has 116 valence electrons. The monoisotopic (exact) mass is 285 g/mol. The molecule has 0 aromatic rings. The highest BCUT2D eigenvalue weighted by Gasteiger charge is 2.18. The van der Waals surface area contributed by atoms with Gasteiger partial charge in [-0.2, -0.15) is 0 Å². The van der Waals surface area contributed by atoms with Crippen LogP contribution in [0.15, 0.2) is 0 Å². The summed E-state index contributed by atoms with van der Waals surface area (Å²) in [7, 11) is 2.07. The van der Waals surface area contributed by atoms with Crippen LogP contribution in [0, 0.1) is 0 Å². The number of carbonyl (C=O) groups is 2. The molecule has 1 rings (SSSR count). The number of nitrogens with zero attached hydrogens (tertiary/aromatic N) is 2. The van der Waals surface area contributed by atoms with Crippen molar-refractivity contribution in [1.29, 1.82) is 0 Å². The highest BCUT2D eigenvalue weighted by atomic mass is 16.6. The van der Waals surface area contributed by atoms with Crippen LogP contribution in [0.4, 0.5) is 4.79 Å². The van der Waals surface area contributed by atoms with Crippen molar-refractivity contribution in [3.8, 4) is 0 Å². The lowest BCUT2D eigenvalue weighted by atomic mass is 10.2. The second kappa shape index (κ2) is 7.47. The van der Waals surface area contributed by atoms with Crippen LogP contribution < -0.4 is 5.32 Å². The van der Waals surface area contributed by atoms with Gasteiger partial charge >= 0.3 is 6.09 Å². The Bertz CT molecular complexity index is 339. The number of amides is 2. The molecule has 6 nitrogen and oxygen atoms in total. The minimum atomic E-state index is -0.510. The molecule has 0 aliphatic carbocycles. The van der Waals surface area contributed by atoms with Crippen LogP contribution in [-0.2, 0) is 9.53 Å². The van der Waals surface area contributed by atoms with Crippen LogP contribution >= 0.6 is 0 Å². The molecule has 1 N–H and O–H groups in total. The van der Waals surface area contributed by atoms with E-state index in [9.17, 15) is 9.59 Å². The standard InChI is InChI=1S/C14H27N3O3/c1-14(2,3)20-13(19)15-7-6-12(18)17-9-5-8-16(4)10-11-17/h5-11H2,1-4H3,(H,15,19). The Morgan fingerprint density at radius 1 is 1.15 bits per heavy atom. The number of hydrogen-bond acceptors (Lipinski definition) is 4. The van der Waals surface area contributed by atoms with E-state index in [1.165, 1.54) is 0 Å². The molecule has 2 amide bonds. The number of hydrogen-bond donors (Lipinski definition) is 1. The van der Waals surface area contributed by atoms with Gasteiger partial charge in [0, 0.05) is 32.6 Å². The van der Waals surface area contributed by atoms with Crippen molar-refractivity contribution in [2.75, 3.05) is 39.8 Å². The van der Waals surface area contributed by atoms with E-state index in [0.29, 0.717) is 13.0 Å². The van der Waals surface area contributed by atoms with Crippen molar-refractivity contribution in [3.05, 3.63) is 0 Å². The van der Waals surface area contributed by atoms with Crippen LogP contribution in [0.25, 0.3) is 0 Å². The molecule has 0 spiro atoms. The van der Waals surface area contributed by atoms with E-state index in [-0.39, 0.29) is 5.91 Å². The average molecular weight is 285 g/mol. The molecule has 0 aromatic heterocycles. The van der Waals surface area contributed by atoms with Gasteiger partial charge in [0.1, 0.15) is 5.60 Å². The van der Waals surface area contributed by atoms with Crippen molar-refractivity contribution < 1.29 is 14.3 Å². The van der Waals surface area contributed by atoms with Crippen LogP contribution in [0.5, 0.6) is 0 Å². The van der Waals surface area contributed by atoms with Gasteiger partial charge in [-0.1, -0.05) is 0 Å². The van der Waals surface area contributed by atoms with Gasteiger partial charge in [-0.05, 0) is 40.8 Å². The molecule has 1 aliphatic heterocycles. The van der Waals surface area contributed by atoms with Gasteiger partial charge in [0.25, 0.3) is 0 Å². The number of alkyl carbamates (subject to hydrolysis) is 1. The predicted octanol–water partition coefficient (Wildman–Crippen LogP) is 1.07. The summed E-state index contributed by atoms with van der Waals surface area (Å²) < 4.78 is 5.12. The fraction of sp³-hybridized carbons (Fsp3) is 0.857. The highest BCUT2D eigenvalue weighted by molar-refractivity contribution is 5.77. The first-order valence-electron chi connectivity index (χ1n) is 7.21. The van der Waals surface area contributed by atoms with Gasteiger partial charge in [0.2, 0.25) is 5.91 Å². The van der Waals surface area contributed by atoms with E-state index in [4.69, 9.17) is 4.74 Å². The largest absolute Gasteiger partial charge is 0.444 e. The molecule has 1 aliphatic rings. The van der Waals surface area contributed by atoms with Crippen LogP contribution in [0.3, 0.4) is 0 Å². The van der Waals surface area contributed by atoms with Crippen molar-refractivity contribution in [2.45, 2.75) is 39.2 Å². The molecular formula is C14H27N3O3. The summed E-state index contributed by atoms with van der Waals surface area (Å²) in [5, 5.41) is 2.61. The zero-order valence-corrected chi connectivity index (χ0v) is 13.1. The first-order chi connectivity index (χ1) is 9.28. The second-order valence-electron chi connectivity index (χ2n) is 6.22. The molecular weight excluding hydrogens is 258 g/mol. The predicted molar refractivity (Wildman–Crippen MR) is 77.5 cm³/mol. The number of likely N-dealkylation sites (N-methyl/N-ethyl adjacent to an activating group) is 1. The van der Waals surface area contributed by atoms with Crippen LogP contribution in [0.1, 0.15) is 33.6 Å². The summed E-state index contributed by atoms with van der Waals surface area (Å²) >= 11 is 0. The number of nitrogens with one attached hydrogen (secondary N) is 1. The van der Waals surface area contributed by atoms with E-state index in [2.05, 4.69) is 17.3 Å². The topological polar surface area (TPSA) is 61.9 Å². The summed E-state index contributed by atoms with van der Waals surface area (Å²) in [6.07, 6.45) is 0.853. The third-order valence-electron chi connectivity index (χ3n) is 3.08. The summed E-state index contributed by atoms with van der Waals surface area (Å²) in [6, 6.07) is 0. The molecule has 1 heterocycles. The van der Waals surface area contributed by atoms with Crippen LogP contribution in [0.2, 0.25) is 0 Å². The Labute approximate surface area is 121 Å². The summed E-state index contributed by atoms with van der Waals surface area (Å²) in [4.78, 5) is 27.6. The smallest absolute Gasteiger partial charge is 0.407 e. The van der Waals surface area contributed by atoms with E-state index < -0.39 is 11.7 Å². The molecule has 0 unspecified atom stereocenters. The van der Waals surface area contributed by atoms with Gasteiger partial charge in [-0.3, -0.25) is 4.79 Å². The van der Waals surface area contributed by atoms with E-state index in [0.717, 1.165) is 32.6 Å². The molecule has 0 atom stereocenters. The number of carbonyl (C=O) groups excluding carboxylic acids is 2. The maximum absolute atomic E-state index is 12.0. The van der Waals surface area contributed by atoms with Crippen molar-refractivity contribution >= 4 is 12.0 Å². The lowest BCUT2D eigenvalue weighted by molar-refractivity contribution is -0.130. The van der Waals surface area contributed by atoms with E-state index in [1.54, 1.807) is 0 Å². The minimum Gasteiger partial charge on any atom is -0.444 e. The second-order valence-corrected chi connectivity index (χ2v) is 6.22. The SMILES string of the molecule is CN1CCCN(C(=O)CCNC(=O)OC(C)(C)C)CC1. The molecule has 0 radical (unpaired) electrons. The average Bonchev–Trinajstić information content (AvgIpc) is 2.51. The molecule has 6 heteroatoms. The normalized spacial score (nSPS) is 17.5. The molecule has 0 saturated carbocycles. The molecule has 1 fully saturated rings. The number of ether oxygens (including phenoxy) is 1. The van der Waals surface area contributed by atoms with Gasteiger partial charge in [0.15, 0.2) is 0 Å². The zero-order valence-electron chi connectivity index (χ0n) is 13.1. The van der Waals surface area contributed by atoms with Gasteiger partial charge < -0.3 is 19.9 Å². The van der Waals surface area contributed by atoms with Crippen molar-refractivity contribution in [2.24, 2.45) is 0 Å². The third kappa shape index (κ3) is 6.75. The molecule has 0 bridgehead atoms. The Morgan fingerprint density at radius 2 is 1.85 bits per heavy atom. The first kappa shape index (κ1) is 16.8. The first-order valence-corrected chi connectivity index (χ1v) is 7.21. The Hall–Kier alpha value is -1.30. The summed E-state index contributed by atoms with van der Waals surface area (Å²) in [5.74, 6) is 0.0939. The minimum absolute atomic E-state index is 0.0939. The molecule has 1 saturated heterocycles. The molecule has 0 aromatic carbocycles. The fourth-order valence-electron chi connectivity index (χ4n) is 2.04. The van der Waals surface area contributed by atoms with Crippen LogP contribution in [-0.4, -0.2) is 67.2 Å². The van der Waals surface area contributed by atoms with Gasteiger partial charge in [0.05, 0.1) is 0 Å². The Kier molecular flexibility index (Phi) is 6.26. The van der Waals surface area contributed by atoms with Gasteiger partial charge in [-0.15, -0.1) is 0 Å². The van der Waals surface area contributed by atoms with Crippen molar-refractivity contribution in [1.82, 2.24) is 15.1 Å². The lowest BCUT2D eigenvalue weighted by Crippen LogP contribution is -2.38.